The molecule has 0 saturated carbocycles. The summed E-state index contributed by atoms with van der Waals surface area (Å²) >= 11 is 0. The van der Waals surface area contributed by atoms with Crippen LogP contribution in [0.15, 0.2) is 28.7 Å². The Hall–Kier alpha value is -2.07. The Bertz CT molecular complexity index is 932. The fraction of sp³-hybridized carbons (Fsp3) is 0.593. The third-order valence-corrected chi connectivity index (χ3v) is 7.07. The zero-order valence-corrected chi connectivity index (χ0v) is 19.1. The van der Waals surface area contributed by atoms with E-state index < -0.39 is 0 Å². The Balaban J connectivity index is 0.00000272. The van der Waals surface area contributed by atoms with Gasteiger partial charge in [0.1, 0.15) is 5.76 Å². The first-order valence-electron chi connectivity index (χ1n) is 11.3. The van der Waals surface area contributed by atoms with Crippen molar-refractivity contribution in [3.05, 3.63) is 58.0 Å². The maximum Gasteiger partial charge on any atom is 0.287 e. The van der Waals surface area contributed by atoms with Crippen LogP contribution in [0.5, 0.6) is 0 Å². The molecule has 1 amide bonds. The second-order valence-corrected chi connectivity index (χ2v) is 10.4. The van der Waals surface area contributed by atoms with E-state index >= 15 is 0 Å². The van der Waals surface area contributed by atoms with Gasteiger partial charge in [-0.3, -0.25) is 4.79 Å². The van der Waals surface area contributed by atoms with E-state index in [-0.39, 0.29) is 30.3 Å². The van der Waals surface area contributed by atoms with Gasteiger partial charge in [-0.2, -0.15) is 0 Å². The van der Waals surface area contributed by atoms with Gasteiger partial charge in [-0.15, -0.1) is 0 Å². The Labute approximate surface area is 187 Å². The van der Waals surface area contributed by atoms with E-state index in [1.807, 2.05) is 6.07 Å². The smallest absolute Gasteiger partial charge is 0.287 e. The highest BCUT2D eigenvalue weighted by Gasteiger charge is 2.37. The van der Waals surface area contributed by atoms with Crippen LogP contribution in [0.3, 0.4) is 0 Å². The van der Waals surface area contributed by atoms with Crippen LogP contribution in [0.4, 0.5) is 0 Å². The number of amides is 1. The van der Waals surface area contributed by atoms with Crippen LogP contribution in [0.2, 0.25) is 0 Å². The average molecular weight is 426 g/mol. The standard InChI is InChI=1S/C26H35NO3.CH4/c1-17-13-21-22(26(4,5)11-10-25(21,2)3)15-18(17)14-19-8-9-23(30-19)24(28)27-16-20-7-6-12-29-20;/h8-9,13,15,20H,6-7,10-12,14,16H2,1-5H3,(H,27,28);1H4/t20-;/m1./s1. The number of nitrogens with one attached hydrogen (secondary N) is 1. The molecule has 1 N–H and O–H groups in total. The summed E-state index contributed by atoms with van der Waals surface area (Å²) in [5, 5.41) is 2.93. The molecule has 2 aliphatic rings. The number of ether oxygens (including phenoxy) is 1. The molecular weight excluding hydrogens is 386 g/mol. The zero-order chi connectivity index (χ0) is 21.5. The van der Waals surface area contributed by atoms with E-state index in [9.17, 15) is 4.79 Å². The molecular formula is C27H39NO3. The fourth-order valence-electron chi connectivity index (χ4n) is 4.84. The van der Waals surface area contributed by atoms with Crippen molar-refractivity contribution in [1.82, 2.24) is 5.32 Å². The summed E-state index contributed by atoms with van der Waals surface area (Å²) in [6, 6.07) is 8.46. The monoisotopic (exact) mass is 425 g/mol. The van der Waals surface area contributed by atoms with Gasteiger partial charge in [0.25, 0.3) is 5.91 Å². The predicted octanol–water partition coefficient (Wildman–Crippen LogP) is 6.07. The van der Waals surface area contributed by atoms with Gasteiger partial charge in [0.15, 0.2) is 5.76 Å². The van der Waals surface area contributed by atoms with Gasteiger partial charge >= 0.3 is 0 Å². The van der Waals surface area contributed by atoms with E-state index in [4.69, 9.17) is 9.15 Å². The first kappa shape index (κ1) is 23.6. The van der Waals surface area contributed by atoms with Crippen molar-refractivity contribution in [2.24, 2.45) is 0 Å². The van der Waals surface area contributed by atoms with E-state index in [1.54, 1.807) is 6.07 Å². The molecule has 31 heavy (non-hydrogen) atoms. The highest BCUT2D eigenvalue weighted by molar-refractivity contribution is 5.91. The largest absolute Gasteiger partial charge is 0.456 e. The molecule has 0 spiro atoms. The van der Waals surface area contributed by atoms with E-state index in [1.165, 1.54) is 35.1 Å². The van der Waals surface area contributed by atoms with E-state index in [2.05, 4.69) is 52.1 Å². The molecule has 2 heterocycles. The van der Waals surface area contributed by atoms with Crippen LogP contribution < -0.4 is 5.32 Å². The first-order chi connectivity index (χ1) is 14.2. The maximum atomic E-state index is 12.4. The lowest BCUT2D eigenvalue weighted by atomic mass is 9.62. The average Bonchev–Trinajstić information content (AvgIpc) is 3.37. The number of hydrogen-bond donors (Lipinski definition) is 1. The molecule has 170 valence electrons. The van der Waals surface area contributed by atoms with Gasteiger partial charge in [-0.1, -0.05) is 47.3 Å². The van der Waals surface area contributed by atoms with Crippen LogP contribution in [-0.4, -0.2) is 25.2 Å². The van der Waals surface area contributed by atoms with Gasteiger partial charge in [-0.25, -0.2) is 0 Å². The minimum absolute atomic E-state index is 0. The summed E-state index contributed by atoms with van der Waals surface area (Å²) in [6.45, 7) is 12.9. The maximum absolute atomic E-state index is 12.4. The molecule has 0 radical (unpaired) electrons. The minimum atomic E-state index is -0.165. The van der Waals surface area contributed by atoms with Crippen LogP contribution in [-0.2, 0) is 22.0 Å². The van der Waals surface area contributed by atoms with Gasteiger partial charge in [0, 0.05) is 19.6 Å². The Kier molecular flexibility index (Phi) is 6.71. The van der Waals surface area contributed by atoms with Crippen molar-refractivity contribution in [2.45, 2.75) is 91.1 Å². The number of hydrogen-bond acceptors (Lipinski definition) is 3. The molecule has 4 heteroatoms. The summed E-state index contributed by atoms with van der Waals surface area (Å²) in [4.78, 5) is 12.4. The lowest BCUT2D eigenvalue weighted by Gasteiger charge is -2.42. The van der Waals surface area contributed by atoms with Gasteiger partial charge in [0.2, 0.25) is 0 Å². The molecule has 1 fully saturated rings. The molecule has 1 saturated heterocycles. The van der Waals surface area contributed by atoms with Gasteiger partial charge in [-0.05, 0) is 77.8 Å². The van der Waals surface area contributed by atoms with E-state index in [0.29, 0.717) is 18.7 Å². The van der Waals surface area contributed by atoms with Crippen LogP contribution >= 0.6 is 0 Å². The van der Waals surface area contributed by atoms with Crippen molar-refractivity contribution < 1.29 is 13.9 Å². The number of aryl methyl sites for hydroxylation is 1. The van der Waals surface area contributed by atoms with Gasteiger partial charge < -0.3 is 14.5 Å². The third-order valence-electron chi connectivity index (χ3n) is 7.07. The highest BCUT2D eigenvalue weighted by Crippen LogP contribution is 2.46. The minimum Gasteiger partial charge on any atom is -0.456 e. The predicted molar refractivity (Wildman–Crippen MR) is 126 cm³/mol. The molecule has 4 rings (SSSR count). The van der Waals surface area contributed by atoms with Crippen molar-refractivity contribution in [3.63, 3.8) is 0 Å². The molecule has 1 atom stereocenters. The number of benzene rings is 1. The Morgan fingerprint density at radius 3 is 2.42 bits per heavy atom. The molecule has 0 bridgehead atoms. The molecule has 2 aromatic rings. The molecule has 1 aliphatic heterocycles. The topological polar surface area (TPSA) is 51.5 Å². The Morgan fingerprint density at radius 2 is 1.77 bits per heavy atom. The summed E-state index contributed by atoms with van der Waals surface area (Å²) in [5.74, 6) is 1.04. The van der Waals surface area contributed by atoms with Crippen LogP contribution in [0.1, 0.15) is 99.4 Å². The lowest BCUT2D eigenvalue weighted by molar-refractivity contribution is 0.0834. The number of fused-ring (bicyclic) bond motifs is 1. The number of carbonyl (C=O) groups is 1. The lowest BCUT2D eigenvalue weighted by Crippen LogP contribution is -2.34. The number of rotatable bonds is 5. The fourth-order valence-corrected chi connectivity index (χ4v) is 4.84. The molecule has 1 aromatic carbocycles. The summed E-state index contributed by atoms with van der Waals surface area (Å²) in [5.41, 5.74) is 5.91. The third kappa shape index (κ3) is 4.90. The van der Waals surface area contributed by atoms with Crippen molar-refractivity contribution in [1.29, 1.82) is 0 Å². The normalized spacial score (nSPS) is 21.3. The van der Waals surface area contributed by atoms with Crippen LogP contribution in [0.25, 0.3) is 0 Å². The molecule has 1 aromatic heterocycles. The van der Waals surface area contributed by atoms with Crippen molar-refractivity contribution in [2.75, 3.05) is 13.2 Å². The summed E-state index contributed by atoms with van der Waals surface area (Å²) < 4.78 is 11.5. The summed E-state index contributed by atoms with van der Waals surface area (Å²) in [6.07, 6.45) is 5.33. The number of furan rings is 1. The quantitative estimate of drug-likeness (QED) is 0.632. The second-order valence-electron chi connectivity index (χ2n) is 10.4. The number of carbonyl (C=O) groups excluding carboxylic acids is 1. The zero-order valence-electron chi connectivity index (χ0n) is 19.1. The molecule has 4 nitrogen and oxygen atoms in total. The van der Waals surface area contributed by atoms with Crippen molar-refractivity contribution >= 4 is 5.91 Å². The van der Waals surface area contributed by atoms with Crippen molar-refractivity contribution in [3.8, 4) is 0 Å². The Morgan fingerprint density at radius 1 is 1.10 bits per heavy atom. The molecule has 1 aliphatic carbocycles. The van der Waals surface area contributed by atoms with Crippen LogP contribution in [0, 0.1) is 6.92 Å². The second kappa shape index (κ2) is 8.82. The van der Waals surface area contributed by atoms with E-state index in [0.717, 1.165) is 25.2 Å². The highest BCUT2D eigenvalue weighted by atomic mass is 16.5. The van der Waals surface area contributed by atoms with Gasteiger partial charge in [0.05, 0.1) is 6.10 Å². The molecule has 0 unspecified atom stereocenters. The SMILES string of the molecule is C.Cc1cc2c(cc1Cc1ccc(C(=O)NC[C@H]3CCCO3)o1)C(C)(C)CCC2(C)C. The first-order valence-corrected chi connectivity index (χ1v) is 11.3. The summed E-state index contributed by atoms with van der Waals surface area (Å²) in [7, 11) is 0.